The van der Waals surface area contributed by atoms with Crippen LogP contribution in [0.2, 0.25) is 0 Å². The zero-order valence-corrected chi connectivity index (χ0v) is 11.0. The lowest BCUT2D eigenvalue weighted by molar-refractivity contribution is -0.137. The lowest BCUT2D eigenvalue weighted by Gasteiger charge is -1.96. The number of rotatable bonds is 5. The summed E-state index contributed by atoms with van der Waals surface area (Å²) >= 11 is 3.44. The number of benzene rings is 1. The van der Waals surface area contributed by atoms with Crippen molar-refractivity contribution in [3.8, 4) is 0 Å². The summed E-state index contributed by atoms with van der Waals surface area (Å²) in [6, 6.07) is 8.25. The van der Waals surface area contributed by atoms with E-state index in [2.05, 4.69) is 33.0 Å². The number of carboxylic acid groups (broad SMARTS) is 1. The van der Waals surface area contributed by atoms with Gasteiger partial charge in [-0.3, -0.25) is 4.79 Å². The molecule has 0 bridgehead atoms. The molecule has 0 saturated carbocycles. The molecule has 1 aromatic carbocycles. The lowest BCUT2D eigenvalue weighted by atomic mass is 10.1. The highest BCUT2D eigenvalue weighted by atomic mass is 79.9. The van der Waals surface area contributed by atoms with Gasteiger partial charge < -0.3 is 10.1 Å². The second-order valence-corrected chi connectivity index (χ2v) is 5.04. The van der Waals surface area contributed by atoms with E-state index < -0.39 is 5.97 Å². The SMILES string of the molecule is O=C(O)CCCCc1cc2cc(Br)ccc2[nH]1. The van der Waals surface area contributed by atoms with Crippen LogP contribution in [0.15, 0.2) is 28.7 Å². The molecule has 0 fully saturated rings. The van der Waals surface area contributed by atoms with Crippen molar-refractivity contribution in [2.24, 2.45) is 0 Å². The summed E-state index contributed by atoms with van der Waals surface area (Å²) in [5.74, 6) is -0.717. The van der Waals surface area contributed by atoms with Crippen molar-refractivity contribution in [3.63, 3.8) is 0 Å². The van der Waals surface area contributed by atoms with Gasteiger partial charge in [0.2, 0.25) is 0 Å². The average molecular weight is 296 g/mol. The highest BCUT2D eigenvalue weighted by Gasteiger charge is 2.02. The fourth-order valence-corrected chi connectivity index (χ4v) is 2.27. The van der Waals surface area contributed by atoms with Crippen LogP contribution in [0.3, 0.4) is 0 Å². The number of fused-ring (bicyclic) bond motifs is 1. The Balaban J connectivity index is 1.97. The molecule has 0 amide bonds. The summed E-state index contributed by atoms with van der Waals surface area (Å²) in [7, 11) is 0. The van der Waals surface area contributed by atoms with Crippen LogP contribution >= 0.6 is 15.9 Å². The Hall–Kier alpha value is -1.29. The Morgan fingerprint density at radius 1 is 1.29 bits per heavy atom. The standard InChI is InChI=1S/C13H14BrNO2/c14-10-5-6-12-9(7-10)8-11(15-12)3-1-2-4-13(16)17/h5-8,15H,1-4H2,(H,16,17). The highest BCUT2D eigenvalue weighted by Crippen LogP contribution is 2.21. The molecule has 0 radical (unpaired) electrons. The first-order chi connectivity index (χ1) is 8.15. The monoisotopic (exact) mass is 295 g/mol. The van der Waals surface area contributed by atoms with Crippen LogP contribution < -0.4 is 0 Å². The number of hydrogen-bond acceptors (Lipinski definition) is 1. The Labute approximate surface area is 108 Å². The van der Waals surface area contributed by atoms with Crippen LogP contribution in [0.5, 0.6) is 0 Å². The van der Waals surface area contributed by atoms with Crippen molar-refractivity contribution in [3.05, 3.63) is 34.4 Å². The molecule has 0 spiro atoms. The van der Waals surface area contributed by atoms with E-state index in [-0.39, 0.29) is 6.42 Å². The minimum atomic E-state index is -0.717. The Kier molecular flexibility index (Phi) is 3.84. The quantitative estimate of drug-likeness (QED) is 0.826. The fraction of sp³-hybridized carbons (Fsp3) is 0.308. The molecular formula is C13H14BrNO2. The van der Waals surface area contributed by atoms with E-state index in [4.69, 9.17) is 5.11 Å². The second kappa shape index (κ2) is 5.36. The molecule has 1 heterocycles. The summed E-state index contributed by atoms with van der Waals surface area (Å²) in [4.78, 5) is 13.7. The minimum absolute atomic E-state index is 0.256. The molecule has 2 aromatic rings. The van der Waals surface area contributed by atoms with Crippen molar-refractivity contribution in [2.75, 3.05) is 0 Å². The number of aromatic amines is 1. The number of nitrogens with one attached hydrogen (secondary N) is 1. The number of carbonyl (C=O) groups is 1. The van der Waals surface area contributed by atoms with Gasteiger partial charge in [-0.05, 0) is 43.5 Å². The van der Waals surface area contributed by atoms with Crippen molar-refractivity contribution in [2.45, 2.75) is 25.7 Å². The van der Waals surface area contributed by atoms with E-state index in [9.17, 15) is 4.79 Å². The molecule has 90 valence electrons. The molecule has 2 N–H and O–H groups in total. The second-order valence-electron chi connectivity index (χ2n) is 4.13. The van der Waals surface area contributed by atoms with Crippen molar-refractivity contribution in [1.29, 1.82) is 0 Å². The van der Waals surface area contributed by atoms with Gasteiger partial charge in [0.15, 0.2) is 0 Å². The average Bonchev–Trinajstić information content (AvgIpc) is 2.66. The molecule has 3 nitrogen and oxygen atoms in total. The Morgan fingerprint density at radius 2 is 2.12 bits per heavy atom. The molecule has 0 aliphatic rings. The largest absolute Gasteiger partial charge is 0.481 e. The normalized spacial score (nSPS) is 10.9. The van der Waals surface area contributed by atoms with Gasteiger partial charge >= 0.3 is 5.97 Å². The number of halogens is 1. The summed E-state index contributed by atoms with van der Waals surface area (Å²) in [6.07, 6.45) is 2.79. The fourth-order valence-electron chi connectivity index (χ4n) is 1.89. The van der Waals surface area contributed by atoms with Gasteiger partial charge in [-0.1, -0.05) is 15.9 Å². The molecule has 4 heteroatoms. The minimum Gasteiger partial charge on any atom is -0.481 e. The van der Waals surface area contributed by atoms with E-state index in [1.165, 1.54) is 11.1 Å². The number of carboxylic acids is 1. The molecule has 1 aromatic heterocycles. The van der Waals surface area contributed by atoms with Crippen LogP contribution in [-0.2, 0) is 11.2 Å². The number of hydrogen-bond donors (Lipinski definition) is 2. The lowest BCUT2D eigenvalue weighted by Crippen LogP contribution is -1.94. The predicted octanol–water partition coefficient (Wildman–Crippen LogP) is 3.73. The van der Waals surface area contributed by atoms with Gasteiger partial charge in [0, 0.05) is 27.5 Å². The first-order valence-corrected chi connectivity index (χ1v) is 6.43. The smallest absolute Gasteiger partial charge is 0.303 e. The van der Waals surface area contributed by atoms with Gasteiger partial charge in [-0.15, -0.1) is 0 Å². The third kappa shape index (κ3) is 3.33. The maximum atomic E-state index is 10.4. The Morgan fingerprint density at radius 3 is 2.88 bits per heavy atom. The number of aryl methyl sites for hydroxylation is 1. The molecule has 0 unspecified atom stereocenters. The molecule has 0 aliphatic carbocycles. The van der Waals surface area contributed by atoms with Gasteiger partial charge in [0.05, 0.1) is 0 Å². The van der Waals surface area contributed by atoms with Crippen LogP contribution in [-0.4, -0.2) is 16.1 Å². The summed E-state index contributed by atoms with van der Waals surface area (Å²) in [5, 5.41) is 9.73. The summed E-state index contributed by atoms with van der Waals surface area (Å²) < 4.78 is 1.07. The molecule has 17 heavy (non-hydrogen) atoms. The van der Waals surface area contributed by atoms with E-state index >= 15 is 0 Å². The van der Waals surface area contributed by atoms with Gasteiger partial charge in [0.1, 0.15) is 0 Å². The number of unbranched alkanes of at least 4 members (excludes halogenated alkanes) is 1. The first-order valence-electron chi connectivity index (χ1n) is 5.64. The maximum absolute atomic E-state index is 10.4. The molecule has 2 rings (SSSR count). The third-order valence-electron chi connectivity index (χ3n) is 2.73. The van der Waals surface area contributed by atoms with Gasteiger partial charge in [-0.25, -0.2) is 0 Å². The van der Waals surface area contributed by atoms with Gasteiger partial charge in [0.25, 0.3) is 0 Å². The van der Waals surface area contributed by atoms with E-state index in [0.29, 0.717) is 0 Å². The first kappa shape index (κ1) is 12.2. The zero-order chi connectivity index (χ0) is 12.3. The van der Waals surface area contributed by atoms with Crippen LogP contribution in [0.4, 0.5) is 0 Å². The zero-order valence-electron chi connectivity index (χ0n) is 9.37. The van der Waals surface area contributed by atoms with E-state index in [1.807, 2.05) is 12.1 Å². The Bertz CT molecular complexity index is 533. The number of aliphatic carboxylic acids is 1. The van der Waals surface area contributed by atoms with Crippen LogP contribution in [0, 0.1) is 0 Å². The highest BCUT2D eigenvalue weighted by molar-refractivity contribution is 9.10. The molecule has 0 atom stereocenters. The maximum Gasteiger partial charge on any atom is 0.303 e. The molecule has 0 aliphatic heterocycles. The van der Waals surface area contributed by atoms with Crippen molar-refractivity contribution in [1.82, 2.24) is 4.98 Å². The number of H-pyrrole nitrogens is 1. The topological polar surface area (TPSA) is 53.1 Å². The van der Waals surface area contributed by atoms with E-state index in [1.54, 1.807) is 0 Å². The van der Waals surface area contributed by atoms with E-state index in [0.717, 1.165) is 29.3 Å². The van der Waals surface area contributed by atoms with Crippen molar-refractivity contribution < 1.29 is 9.90 Å². The summed E-state index contributed by atoms with van der Waals surface area (Å²) in [5.41, 5.74) is 2.30. The molecular weight excluding hydrogens is 282 g/mol. The van der Waals surface area contributed by atoms with Crippen LogP contribution in [0.1, 0.15) is 25.0 Å². The van der Waals surface area contributed by atoms with Crippen molar-refractivity contribution >= 4 is 32.8 Å². The van der Waals surface area contributed by atoms with Crippen LogP contribution in [0.25, 0.3) is 10.9 Å². The summed E-state index contributed by atoms with van der Waals surface area (Å²) in [6.45, 7) is 0. The molecule has 0 saturated heterocycles. The third-order valence-corrected chi connectivity index (χ3v) is 3.22. The number of aromatic nitrogens is 1. The predicted molar refractivity (Wildman–Crippen MR) is 71.2 cm³/mol. The van der Waals surface area contributed by atoms with Gasteiger partial charge in [-0.2, -0.15) is 0 Å².